The van der Waals surface area contributed by atoms with Gasteiger partial charge >= 0.3 is 0 Å². The molecule has 0 aromatic heterocycles. The molecule has 0 spiro atoms. The zero-order valence-electron chi connectivity index (χ0n) is 15.0. The van der Waals surface area contributed by atoms with Crippen molar-refractivity contribution in [2.75, 3.05) is 6.54 Å². The van der Waals surface area contributed by atoms with E-state index in [1.54, 1.807) is 0 Å². The molecule has 2 aliphatic rings. The molecule has 28 heavy (non-hydrogen) atoms. The van der Waals surface area contributed by atoms with Crippen molar-refractivity contribution in [2.24, 2.45) is 11.5 Å². The molecular weight excluding hydrogens is 374 g/mol. The maximum absolute atomic E-state index is 12.4. The highest BCUT2D eigenvalue weighted by atomic mass is 16.3. The number of aliphatic hydroxyl groups excluding tert-OH is 3. The summed E-state index contributed by atoms with van der Waals surface area (Å²) in [5.41, 5.74) is 10.1. The van der Waals surface area contributed by atoms with Gasteiger partial charge in [0.25, 0.3) is 0 Å². The monoisotopic (exact) mass is 399 g/mol. The molecule has 6 atom stereocenters. The Labute approximate surface area is 160 Å². The molecule has 0 saturated carbocycles. The lowest BCUT2D eigenvalue weighted by molar-refractivity contribution is -0.128. The van der Waals surface area contributed by atoms with Crippen LogP contribution in [-0.4, -0.2) is 81.9 Å². The van der Waals surface area contributed by atoms with Gasteiger partial charge in [-0.1, -0.05) is 6.08 Å². The smallest absolute Gasteiger partial charge is 0.247 e. The lowest BCUT2D eigenvalue weighted by atomic mass is 9.89. The summed E-state index contributed by atoms with van der Waals surface area (Å²) in [6, 6.07) is -3.06. The molecule has 0 bridgehead atoms. The summed E-state index contributed by atoms with van der Waals surface area (Å²) >= 11 is 0. The number of hydrogen-bond donors (Lipinski definition) is 8. The number of primary amides is 2. The predicted molar refractivity (Wildman–Crippen MR) is 94.0 cm³/mol. The fourth-order valence-electron chi connectivity index (χ4n) is 3.12. The Kier molecular flexibility index (Phi) is 7.07. The van der Waals surface area contributed by atoms with Crippen molar-refractivity contribution in [1.82, 2.24) is 16.0 Å². The normalized spacial score (nSPS) is 30.8. The largest absolute Gasteiger partial charge is 0.392 e. The average Bonchev–Trinajstić information content (AvgIpc) is 3.04. The van der Waals surface area contributed by atoms with Crippen molar-refractivity contribution in [2.45, 2.75) is 55.7 Å². The highest BCUT2D eigenvalue weighted by Crippen LogP contribution is 2.20. The zero-order valence-corrected chi connectivity index (χ0v) is 15.0. The van der Waals surface area contributed by atoms with Gasteiger partial charge in [0.2, 0.25) is 23.6 Å². The van der Waals surface area contributed by atoms with E-state index in [-0.39, 0.29) is 25.0 Å². The maximum Gasteiger partial charge on any atom is 0.247 e. The molecule has 2 rings (SSSR count). The number of nitrogens with one attached hydrogen (secondary N) is 3. The molecule has 12 nitrogen and oxygen atoms in total. The van der Waals surface area contributed by atoms with Crippen LogP contribution in [0.25, 0.3) is 0 Å². The third-order valence-corrected chi connectivity index (χ3v) is 4.65. The van der Waals surface area contributed by atoms with Gasteiger partial charge in [-0.05, 0) is 6.42 Å². The summed E-state index contributed by atoms with van der Waals surface area (Å²) in [6.07, 6.45) is -2.63. The van der Waals surface area contributed by atoms with Gasteiger partial charge in [0.15, 0.2) is 0 Å². The lowest BCUT2D eigenvalue weighted by Gasteiger charge is -2.32. The molecule has 0 radical (unpaired) electrons. The third-order valence-electron chi connectivity index (χ3n) is 4.65. The van der Waals surface area contributed by atoms with Gasteiger partial charge in [0, 0.05) is 18.5 Å². The quantitative estimate of drug-likeness (QED) is 0.207. The molecule has 0 aromatic carbocycles. The summed E-state index contributed by atoms with van der Waals surface area (Å²) in [5.74, 6) is -3.09. The molecule has 0 aromatic rings. The molecule has 10 N–H and O–H groups in total. The highest BCUT2D eigenvalue weighted by molar-refractivity contribution is 5.98. The van der Waals surface area contributed by atoms with Gasteiger partial charge < -0.3 is 42.7 Å². The van der Waals surface area contributed by atoms with Crippen LogP contribution in [0.4, 0.5) is 0 Å². The Balaban J connectivity index is 2.09. The van der Waals surface area contributed by atoms with Gasteiger partial charge in [0.1, 0.15) is 12.1 Å². The SMILES string of the molecule is NC(=O)C[C@@H](NC(=O)C1=C[C@@H](NC(=O)[C@@H]2C[C@@H](O)CN2)[C@@H](O)[C@H](O)C1)C(N)=O. The minimum Gasteiger partial charge on any atom is -0.392 e. The number of carbonyl (C=O) groups excluding carboxylic acids is 4. The van der Waals surface area contributed by atoms with E-state index in [0.29, 0.717) is 0 Å². The van der Waals surface area contributed by atoms with E-state index in [0.717, 1.165) is 0 Å². The molecule has 1 saturated heterocycles. The van der Waals surface area contributed by atoms with Crippen molar-refractivity contribution in [3.8, 4) is 0 Å². The molecular formula is C16H25N5O7. The van der Waals surface area contributed by atoms with Crippen LogP contribution in [0.3, 0.4) is 0 Å². The van der Waals surface area contributed by atoms with E-state index >= 15 is 0 Å². The summed E-state index contributed by atoms with van der Waals surface area (Å²) in [4.78, 5) is 47.0. The van der Waals surface area contributed by atoms with Crippen LogP contribution >= 0.6 is 0 Å². The number of hydrogen-bond acceptors (Lipinski definition) is 8. The van der Waals surface area contributed by atoms with E-state index in [1.807, 2.05) is 0 Å². The van der Waals surface area contributed by atoms with Crippen LogP contribution < -0.4 is 27.4 Å². The van der Waals surface area contributed by atoms with E-state index < -0.39 is 66.5 Å². The molecule has 4 amide bonds. The zero-order chi connectivity index (χ0) is 21.0. The molecule has 0 unspecified atom stereocenters. The van der Waals surface area contributed by atoms with Crippen LogP contribution in [-0.2, 0) is 19.2 Å². The second-order valence-electron chi connectivity index (χ2n) is 6.94. The van der Waals surface area contributed by atoms with E-state index in [9.17, 15) is 34.5 Å². The van der Waals surface area contributed by atoms with Crippen LogP contribution in [0.1, 0.15) is 19.3 Å². The van der Waals surface area contributed by atoms with Gasteiger partial charge in [-0.2, -0.15) is 0 Å². The fourth-order valence-corrected chi connectivity index (χ4v) is 3.12. The molecule has 1 aliphatic carbocycles. The van der Waals surface area contributed by atoms with Gasteiger partial charge in [-0.15, -0.1) is 0 Å². The Bertz CT molecular complexity index is 682. The summed E-state index contributed by atoms with van der Waals surface area (Å²) < 4.78 is 0. The van der Waals surface area contributed by atoms with Gasteiger partial charge in [-0.3, -0.25) is 19.2 Å². The van der Waals surface area contributed by atoms with Crippen molar-refractivity contribution in [3.63, 3.8) is 0 Å². The minimum atomic E-state index is -1.36. The molecule has 1 fully saturated rings. The molecule has 12 heteroatoms. The Morgan fingerprint density at radius 1 is 1.21 bits per heavy atom. The summed E-state index contributed by atoms with van der Waals surface area (Å²) in [7, 11) is 0. The van der Waals surface area contributed by atoms with Crippen molar-refractivity contribution in [3.05, 3.63) is 11.6 Å². The first-order valence-electron chi connectivity index (χ1n) is 8.75. The second-order valence-corrected chi connectivity index (χ2v) is 6.94. The van der Waals surface area contributed by atoms with Crippen molar-refractivity contribution >= 4 is 23.6 Å². The molecule has 1 aliphatic heterocycles. The van der Waals surface area contributed by atoms with Crippen LogP contribution in [0, 0.1) is 0 Å². The molecule has 1 heterocycles. The van der Waals surface area contributed by atoms with Gasteiger partial charge in [-0.25, -0.2) is 0 Å². The number of aliphatic hydroxyl groups is 3. The fraction of sp³-hybridized carbons (Fsp3) is 0.625. The maximum atomic E-state index is 12.4. The van der Waals surface area contributed by atoms with Crippen LogP contribution in [0.2, 0.25) is 0 Å². The Morgan fingerprint density at radius 2 is 1.89 bits per heavy atom. The van der Waals surface area contributed by atoms with Crippen LogP contribution in [0.15, 0.2) is 11.6 Å². The first-order chi connectivity index (χ1) is 13.1. The number of β-amino-alcohol motifs (C(OH)–C–C–N with tert-alkyl or cyclic N) is 1. The minimum absolute atomic E-state index is 0.00163. The highest BCUT2D eigenvalue weighted by Gasteiger charge is 2.36. The Hall–Kier alpha value is -2.54. The van der Waals surface area contributed by atoms with E-state index in [4.69, 9.17) is 11.5 Å². The average molecular weight is 399 g/mol. The molecule has 156 valence electrons. The first kappa shape index (κ1) is 21.8. The lowest BCUT2D eigenvalue weighted by Crippen LogP contribution is -2.54. The summed E-state index contributed by atoms with van der Waals surface area (Å²) in [5, 5.41) is 37.2. The van der Waals surface area contributed by atoms with Crippen molar-refractivity contribution in [1.29, 1.82) is 0 Å². The predicted octanol–water partition coefficient (Wildman–Crippen LogP) is -4.91. The van der Waals surface area contributed by atoms with Gasteiger partial charge in [0.05, 0.1) is 30.7 Å². The third kappa shape index (κ3) is 5.48. The second kappa shape index (κ2) is 9.10. The van der Waals surface area contributed by atoms with E-state index in [1.165, 1.54) is 6.08 Å². The first-order valence-corrected chi connectivity index (χ1v) is 8.75. The number of carbonyl (C=O) groups is 4. The van der Waals surface area contributed by atoms with E-state index in [2.05, 4.69) is 16.0 Å². The Morgan fingerprint density at radius 3 is 2.43 bits per heavy atom. The number of amides is 4. The standard InChI is InChI=1S/C16H25N5O7/c17-12(24)4-9(14(18)26)21-15(27)6-1-8(13(25)11(23)2-6)20-16(28)10-3-7(22)5-19-10/h1,7-11,13,19,22-23,25H,2-5H2,(H2,17,24)(H2,18,26)(H,20,28)(H,21,27)/t7-,8-,9-,10+,11-,13-/m1/s1. The van der Waals surface area contributed by atoms with Crippen LogP contribution in [0.5, 0.6) is 0 Å². The van der Waals surface area contributed by atoms with Crippen molar-refractivity contribution < 1.29 is 34.5 Å². The number of rotatable bonds is 7. The topological polar surface area (TPSA) is 217 Å². The summed E-state index contributed by atoms with van der Waals surface area (Å²) in [6.45, 7) is 0.256. The number of nitrogens with two attached hydrogens (primary N) is 2.